The van der Waals surface area contributed by atoms with Crippen molar-refractivity contribution in [2.24, 2.45) is 10.2 Å². The lowest BCUT2D eigenvalue weighted by Gasteiger charge is -2.24. The predicted octanol–water partition coefficient (Wildman–Crippen LogP) is 4.56. The SMILES string of the molecule is CCNC(=O)c1cc(N)cc(C)c1NC(=O)c1cc(CN2N=CCC(C(F)(F)C(F)(F)F)=N2)nn1-c1ncccc1Cl. The Kier molecular flexibility index (Phi) is 8.47. The van der Waals surface area contributed by atoms with Crippen LogP contribution in [0.25, 0.3) is 5.82 Å². The highest BCUT2D eigenvalue weighted by Gasteiger charge is 2.61. The molecule has 3 aromatic rings. The number of nitrogens with zero attached hydrogens (tertiary/aromatic N) is 6. The number of amides is 2. The summed E-state index contributed by atoms with van der Waals surface area (Å²) in [6.45, 7) is 3.17. The summed E-state index contributed by atoms with van der Waals surface area (Å²) < 4.78 is 67.5. The van der Waals surface area contributed by atoms with Crippen LogP contribution in [0.2, 0.25) is 5.02 Å². The minimum Gasteiger partial charge on any atom is -0.399 e. The third kappa shape index (κ3) is 6.17. The molecular weight excluding hydrogens is 589 g/mol. The number of carbonyl (C=O) groups excluding carboxylic acids is 2. The van der Waals surface area contributed by atoms with Crippen LogP contribution in [-0.2, 0) is 6.54 Å². The van der Waals surface area contributed by atoms with E-state index < -0.39 is 42.6 Å². The number of anilines is 2. The van der Waals surface area contributed by atoms with Crippen molar-refractivity contribution in [2.75, 3.05) is 17.6 Å². The first-order chi connectivity index (χ1) is 19.7. The number of benzene rings is 1. The maximum Gasteiger partial charge on any atom is 0.459 e. The van der Waals surface area contributed by atoms with Crippen molar-refractivity contribution >= 4 is 46.7 Å². The zero-order valence-corrected chi connectivity index (χ0v) is 22.8. The number of nitrogens with one attached hydrogen (secondary N) is 2. The molecule has 0 saturated carbocycles. The van der Waals surface area contributed by atoms with Gasteiger partial charge >= 0.3 is 12.1 Å². The van der Waals surface area contributed by atoms with E-state index in [4.69, 9.17) is 17.3 Å². The standard InChI is InChI=1S/C25H23ClF5N9O2/c1-3-33-22(41)16-10-14(32)9-13(2)20(16)36-23(42)18-11-15(37-40(18)21-17(26)5-4-7-34-21)12-39-35-8-6-19(38-39)24(27,28)25(29,30)31/h4-5,7-11H,3,6,12,32H2,1-2H3,(H,33,41)(H,36,42). The summed E-state index contributed by atoms with van der Waals surface area (Å²) in [6, 6.07) is 7.20. The Labute approximate surface area is 240 Å². The maximum absolute atomic E-state index is 13.9. The number of alkyl halides is 5. The minimum atomic E-state index is -5.85. The normalized spacial score (nSPS) is 13.6. The number of hydrazone groups is 2. The highest BCUT2D eigenvalue weighted by atomic mass is 35.5. The Balaban J connectivity index is 1.73. The Bertz CT molecular complexity index is 1590. The van der Waals surface area contributed by atoms with Crippen LogP contribution in [0.3, 0.4) is 0 Å². The Morgan fingerprint density at radius 3 is 2.55 bits per heavy atom. The lowest BCUT2D eigenvalue weighted by atomic mass is 10.1. The van der Waals surface area contributed by atoms with E-state index in [1.54, 1.807) is 19.9 Å². The van der Waals surface area contributed by atoms with Crippen LogP contribution in [0, 0.1) is 6.92 Å². The first-order valence-corrected chi connectivity index (χ1v) is 12.6. The van der Waals surface area contributed by atoms with E-state index in [1.807, 2.05) is 0 Å². The quantitative estimate of drug-likeness (QED) is 0.252. The van der Waals surface area contributed by atoms with Crippen LogP contribution >= 0.6 is 11.6 Å². The van der Waals surface area contributed by atoms with Crippen LogP contribution in [-0.4, -0.2) is 62.3 Å². The van der Waals surface area contributed by atoms with Gasteiger partial charge in [-0.15, -0.1) is 0 Å². The Hall–Kier alpha value is -4.60. The van der Waals surface area contributed by atoms with Gasteiger partial charge in [-0.1, -0.05) is 11.6 Å². The van der Waals surface area contributed by atoms with Gasteiger partial charge in [-0.2, -0.15) is 42.4 Å². The maximum atomic E-state index is 13.9. The topological polar surface area (TPSA) is 143 Å². The van der Waals surface area contributed by atoms with Crippen molar-refractivity contribution in [1.29, 1.82) is 0 Å². The molecule has 17 heteroatoms. The number of nitrogen functional groups attached to an aromatic ring is 1. The van der Waals surface area contributed by atoms with Gasteiger partial charge < -0.3 is 16.4 Å². The van der Waals surface area contributed by atoms with Gasteiger partial charge in [0.05, 0.1) is 22.0 Å². The molecule has 1 aliphatic rings. The summed E-state index contributed by atoms with van der Waals surface area (Å²) >= 11 is 6.29. The molecule has 2 amide bonds. The molecule has 0 unspecified atom stereocenters. The number of rotatable bonds is 8. The number of aryl methyl sites for hydroxylation is 1. The van der Waals surface area contributed by atoms with Crippen molar-refractivity contribution in [3.05, 3.63) is 64.1 Å². The number of pyridine rings is 1. The second kappa shape index (κ2) is 11.7. The average molecular weight is 612 g/mol. The summed E-state index contributed by atoms with van der Waals surface area (Å²) in [5.74, 6) is -6.42. The van der Waals surface area contributed by atoms with Gasteiger partial charge in [0.1, 0.15) is 18.0 Å². The van der Waals surface area contributed by atoms with Gasteiger partial charge in [0.25, 0.3) is 11.8 Å². The van der Waals surface area contributed by atoms with Crippen molar-refractivity contribution in [3.63, 3.8) is 0 Å². The van der Waals surface area contributed by atoms with Crippen LogP contribution in [0.5, 0.6) is 0 Å². The second-order valence-corrected chi connectivity index (χ2v) is 9.37. The summed E-state index contributed by atoms with van der Waals surface area (Å²) in [4.78, 5) is 30.4. The highest BCUT2D eigenvalue weighted by Crippen LogP contribution is 2.38. The van der Waals surface area contributed by atoms with Crippen LogP contribution in [0.4, 0.5) is 33.3 Å². The lowest BCUT2D eigenvalue weighted by Crippen LogP contribution is -2.45. The number of hydrogen-bond donors (Lipinski definition) is 3. The van der Waals surface area contributed by atoms with Gasteiger partial charge in [-0.05, 0) is 49.7 Å². The van der Waals surface area contributed by atoms with E-state index in [2.05, 4.69) is 30.9 Å². The van der Waals surface area contributed by atoms with E-state index >= 15 is 0 Å². The lowest BCUT2D eigenvalue weighted by molar-refractivity contribution is -0.250. The fraction of sp³-hybridized carbons (Fsp3) is 0.280. The smallest absolute Gasteiger partial charge is 0.399 e. The molecular formula is C25H23ClF5N9O2. The second-order valence-electron chi connectivity index (χ2n) is 8.97. The van der Waals surface area contributed by atoms with Crippen molar-refractivity contribution in [3.8, 4) is 5.82 Å². The van der Waals surface area contributed by atoms with E-state index in [0.29, 0.717) is 17.2 Å². The zero-order valence-electron chi connectivity index (χ0n) is 22.0. The van der Waals surface area contributed by atoms with Crippen molar-refractivity contribution in [1.82, 2.24) is 25.2 Å². The molecule has 3 heterocycles. The van der Waals surface area contributed by atoms with E-state index in [-0.39, 0.29) is 39.2 Å². The number of aromatic nitrogens is 3. The largest absolute Gasteiger partial charge is 0.459 e. The molecule has 2 aromatic heterocycles. The summed E-state index contributed by atoms with van der Waals surface area (Å²) in [5.41, 5.74) is 5.31. The molecule has 0 saturated heterocycles. The van der Waals surface area contributed by atoms with Gasteiger partial charge in [0, 0.05) is 31.1 Å². The van der Waals surface area contributed by atoms with Crippen LogP contribution < -0.4 is 16.4 Å². The highest BCUT2D eigenvalue weighted by molar-refractivity contribution is 6.32. The zero-order chi connectivity index (χ0) is 30.8. The Morgan fingerprint density at radius 1 is 1.14 bits per heavy atom. The fourth-order valence-corrected chi connectivity index (χ4v) is 4.16. The Morgan fingerprint density at radius 2 is 1.88 bits per heavy atom. The van der Waals surface area contributed by atoms with E-state index in [0.717, 1.165) is 10.9 Å². The molecule has 0 atom stereocenters. The molecule has 11 nitrogen and oxygen atoms in total. The monoisotopic (exact) mass is 611 g/mol. The van der Waals surface area contributed by atoms with E-state index in [1.165, 1.54) is 30.5 Å². The average Bonchev–Trinajstić information content (AvgIpc) is 3.33. The van der Waals surface area contributed by atoms with Gasteiger partial charge in [-0.3, -0.25) is 9.59 Å². The van der Waals surface area contributed by atoms with Gasteiger partial charge in [0.2, 0.25) is 0 Å². The summed E-state index contributed by atoms with van der Waals surface area (Å²) in [6.07, 6.45) is -4.43. The van der Waals surface area contributed by atoms with Crippen molar-refractivity contribution in [2.45, 2.75) is 38.9 Å². The van der Waals surface area contributed by atoms with Gasteiger partial charge in [0.15, 0.2) is 5.82 Å². The number of halogens is 6. The molecule has 222 valence electrons. The third-order valence-electron chi connectivity index (χ3n) is 5.87. The number of nitrogens with two attached hydrogens (primary N) is 1. The first kappa shape index (κ1) is 30.4. The molecule has 42 heavy (non-hydrogen) atoms. The number of carbonyl (C=O) groups is 2. The molecule has 4 rings (SSSR count). The minimum absolute atomic E-state index is 0.00248. The predicted molar refractivity (Wildman–Crippen MR) is 145 cm³/mol. The molecule has 0 fully saturated rings. The van der Waals surface area contributed by atoms with Crippen molar-refractivity contribution < 1.29 is 31.5 Å². The summed E-state index contributed by atoms with van der Waals surface area (Å²) in [7, 11) is 0. The third-order valence-corrected chi connectivity index (χ3v) is 6.16. The van der Waals surface area contributed by atoms with Gasteiger partial charge in [-0.25, -0.2) is 9.67 Å². The fourth-order valence-electron chi connectivity index (χ4n) is 3.96. The first-order valence-electron chi connectivity index (χ1n) is 12.2. The molecule has 4 N–H and O–H groups in total. The molecule has 0 spiro atoms. The van der Waals surface area contributed by atoms with Crippen LogP contribution in [0.15, 0.2) is 46.7 Å². The molecule has 0 radical (unpaired) electrons. The molecule has 0 bridgehead atoms. The molecule has 1 aliphatic heterocycles. The van der Waals surface area contributed by atoms with Crippen LogP contribution in [0.1, 0.15) is 45.4 Å². The molecule has 1 aromatic carbocycles. The summed E-state index contributed by atoms with van der Waals surface area (Å²) in [5, 5.41) is 17.4. The van der Waals surface area contributed by atoms with E-state index in [9.17, 15) is 31.5 Å². The number of hydrogen-bond acceptors (Lipinski definition) is 8. The molecule has 0 aliphatic carbocycles.